The van der Waals surface area contributed by atoms with Crippen molar-refractivity contribution in [2.24, 2.45) is 0 Å². The van der Waals surface area contributed by atoms with Gasteiger partial charge in [-0.2, -0.15) is 0 Å². The summed E-state index contributed by atoms with van der Waals surface area (Å²) in [5.41, 5.74) is 2.84. The zero-order valence-corrected chi connectivity index (χ0v) is 31.2. The van der Waals surface area contributed by atoms with E-state index in [9.17, 15) is 5.11 Å². The molecule has 0 fully saturated rings. The zero-order chi connectivity index (χ0) is 31.2. The summed E-state index contributed by atoms with van der Waals surface area (Å²) in [6.45, 7) is 9.18. The van der Waals surface area contributed by atoms with E-state index in [-0.39, 0.29) is 0 Å². The molecule has 0 saturated carbocycles. The normalized spacial score (nSPS) is 11.5. The number of hydrogen-bond donors (Lipinski definition) is 1. The van der Waals surface area contributed by atoms with Gasteiger partial charge >= 0.3 is 0 Å². The number of aryl methyl sites for hydroxylation is 1. The minimum absolute atomic E-state index is 0.595. The van der Waals surface area contributed by atoms with Crippen LogP contribution in [-0.4, -0.2) is 16.6 Å². The minimum Gasteiger partial charge on any atom is -0.506 e. The van der Waals surface area contributed by atoms with Crippen LogP contribution < -0.4 is 0 Å². The summed E-state index contributed by atoms with van der Waals surface area (Å²) in [7, 11) is 0. The van der Waals surface area contributed by atoms with Crippen LogP contribution in [0, 0.1) is 6.92 Å². The van der Waals surface area contributed by atoms with E-state index in [0.29, 0.717) is 5.75 Å². The Bertz CT molecular complexity index is 746. The number of unbranched alkanes of at least 4 members (excludes halogenated alkanes) is 24. The number of thioether (sulfide) groups is 2. The SMILES string of the molecule is CCCCCCCCCCCCSc1cc(C)c(CCCCCCCCC)c(SCCCCCCCCCCCC)c1O. The summed E-state index contributed by atoms with van der Waals surface area (Å²) >= 11 is 3.85. The number of hydrogen-bond acceptors (Lipinski definition) is 3. The molecule has 0 aliphatic carbocycles. The molecular weight excluding hydrogens is 561 g/mol. The van der Waals surface area contributed by atoms with E-state index < -0.39 is 0 Å². The Balaban J connectivity index is 2.52. The molecule has 0 aliphatic rings. The highest BCUT2D eigenvalue weighted by atomic mass is 32.2. The first-order chi connectivity index (χ1) is 21.2. The van der Waals surface area contributed by atoms with Gasteiger partial charge in [0.2, 0.25) is 0 Å². The average Bonchev–Trinajstić information content (AvgIpc) is 3.01. The van der Waals surface area contributed by atoms with Gasteiger partial charge in [-0.25, -0.2) is 0 Å². The van der Waals surface area contributed by atoms with E-state index in [1.807, 2.05) is 23.5 Å². The maximum Gasteiger partial charge on any atom is 0.142 e. The quantitative estimate of drug-likeness (QED) is 0.0629. The molecule has 3 heteroatoms. The predicted octanol–water partition coefficient (Wildman–Crippen LogP) is 15.0. The van der Waals surface area contributed by atoms with Gasteiger partial charge in [-0.15, -0.1) is 23.5 Å². The molecule has 0 amide bonds. The Kier molecular flexibility index (Phi) is 28.8. The highest BCUT2D eigenvalue weighted by Crippen LogP contribution is 2.42. The van der Waals surface area contributed by atoms with Gasteiger partial charge in [0.1, 0.15) is 5.75 Å². The smallest absolute Gasteiger partial charge is 0.142 e. The largest absolute Gasteiger partial charge is 0.506 e. The molecule has 0 saturated heterocycles. The molecule has 1 N–H and O–H groups in total. The maximum absolute atomic E-state index is 11.5. The van der Waals surface area contributed by atoms with Crippen molar-refractivity contribution in [1.82, 2.24) is 0 Å². The number of aromatic hydroxyl groups is 1. The lowest BCUT2D eigenvalue weighted by Gasteiger charge is -2.18. The third-order valence-corrected chi connectivity index (χ3v) is 11.4. The van der Waals surface area contributed by atoms with Crippen LogP contribution in [0.4, 0.5) is 0 Å². The average molecular weight is 635 g/mol. The van der Waals surface area contributed by atoms with E-state index in [0.717, 1.165) is 22.8 Å². The van der Waals surface area contributed by atoms with Crippen LogP contribution in [0.25, 0.3) is 0 Å². The summed E-state index contributed by atoms with van der Waals surface area (Å²) in [4.78, 5) is 2.34. The fourth-order valence-corrected chi connectivity index (χ4v) is 8.52. The van der Waals surface area contributed by atoms with Gasteiger partial charge in [0.25, 0.3) is 0 Å². The highest BCUT2D eigenvalue weighted by molar-refractivity contribution is 8.00. The molecule has 43 heavy (non-hydrogen) atoms. The molecule has 1 nitrogen and oxygen atoms in total. The molecule has 1 aromatic rings. The summed E-state index contributed by atoms with van der Waals surface area (Å²) < 4.78 is 0. The Morgan fingerprint density at radius 2 is 0.814 bits per heavy atom. The standard InChI is InChI=1S/C40H74OS2/c1-5-8-11-14-17-19-21-24-27-30-33-42-38-35-36(4)37(32-29-26-23-16-13-10-7-3)40(39(38)41)43-34-31-28-25-22-20-18-15-12-9-6-2/h35,41H,5-34H2,1-4H3. The highest BCUT2D eigenvalue weighted by Gasteiger charge is 2.17. The molecule has 0 bridgehead atoms. The molecule has 0 radical (unpaired) electrons. The van der Waals surface area contributed by atoms with Gasteiger partial charge in [-0.3, -0.25) is 0 Å². The third kappa shape index (κ3) is 22.0. The Hall–Kier alpha value is -0.280. The molecule has 0 unspecified atom stereocenters. The first-order valence-electron chi connectivity index (χ1n) is 19.3. The summed E-state index contributed by atoms with van der Waals surface area (Å²) in [6.07, 6.45) is 38.1. The number of benzene rings is 1. The van der Waals surface area contributed by atoms with Gasteiger partial charge in [0.15, 0.2) is 0 Å². The van der Waals surface area contributed by atoms with Crippen LogP contribution in [0.2, 0.25) is 0 Å². The van der Waals surface area contributed by atoms with Crippen LogP contribution in [0.3, 0.4) is 0 Å². The lowest BCUT2D eigenvalue weighted by Crippen LogP contribution is -1.98. The van der Waals surface area contributed by atoms with E-state index in [4.69, 9.17) is 0 Å². The maximum atomic E-state index is 11.5. The van der Waals surface area contributed by atoms with Crippen LogP contribution in [0.15, 0.2) is 15.9 Å². The monoisotopic (exact) mass is 635 g/mol. The van der Waals surface area contributed by atoms with E-state index in [1.54, 1.807) is 0 Å². The fraction of sp³-hybridized carbons (Fsp3) is 0.850. The molecule has 252 valence electrons. The minimum atomic E-state index is 0.595. The number of phenolic OH excluding ortho intramolecular Hbond substituents is 1. The predicted molar refractivity (Wildman–Crippen MR) is 200 cm³/mol. The molecule has 0 aliphatic heterocycles. The van der Waals surface area contributed by atoms with Crippen molar-refractivity contribution in [1.29, 1.82) is 0 Å². The van der Waals surface area contributed by atoms with Crippen molar-refractivity contribution in [2.45, 2.75) is 217 Å². The fourth-order valence-electron chi connectivity index (χ4n) is 6.16. The lowest BCUT2D eigenvalue weighted by molar-refractivity contribution is 0.446. The Labute approximate surface area is 279 Å². The van der Waals surface area contributed by atoms with Gasteiger partial charge in [-0.1, -0.05) is 175 Å². The first kappa shape index (κ1) is 40.7. The summed E-state index contributed by atoms with van der Waals surface area (Å²) in [5, 5.41) is 11.5. The molecule has 0 aromatic heterocycles. The second-order valence-electron chi connectivity index (χ2n) is 13.3. The summed E-state index contributed by atoms with van der Waals surface area (Å²) in [6, 6.07) is 2.30. The van der Waals surface area contributed by atoms with E-state index in [2.05, 4.69) is 33.8 Å². The van der Waals surface area contributed by atoms with Crippen molar-refractivity contribution in [3.8, 4) is 5.75 Å². The molecule has 0 heterocycles. The Morgan fingerprint density at radius 3 is 1.23 bits per heavy atom. The third-order valence-electron chi connectivity index (χ3n) is 9.08. The van der Waals surface area contributed by atoms with Crippen LogP contribution in [0.5, 0.6) is 5.75 Å². The Morgan fingerprint density at radius 1 is 0.465 bits per heavy atom. The van der Waals surface area contributed by atoms with Gasteiger partial charge in [-0.05, 0) is 61.3 Å². The van der Waals surface area contributed by atoms with Crippen molar-refractivity contribution < 1.29 is 5.11 Å². The van der Waals surface area contributed by atoms with Crippen molar-refractivity contribution in [3.63, 3.8) is 0 Å². The van der Waals surface area contributed by atoms with E-state index in [1.165, 1.54) is 189 Å². The molecule has 1 rings (SSSR count). The summed E-state index contributed by atoms with van der Waals surface area (Å²) in [5.74, 6) is 2.86. The second-order valence-corrected chi connectivity index (χ2v) is 15.5. The van der Waals surface area contributed by atoms with Crippen LogP contribution in [0.1, 0.15) is 205 Å². The molecule has 0 atom stereocenters. The number of phenols is 1. The zero-order valence-electron chi connectivity index (χ0n) is 29.6. The van der Waals surface area contributed by atoms with Crippen molar-refractivity contribution >= 4 is 23.5 Å². The van der Waals surface area contributed by atoms with Crippen molar-refractivity contribution in [3.05, 3.63) is 17.2 Å². The van der Waals surface area contributed by atoms with Gasteiger partial charge in [0.05, 0.1) is 9.79 Å². The molecule has 0 spiro atoms. The van der Waals surface area contributed by atoms with E-state index >= 15 is 0 Å². The molecule has 1 aromatic carbocycles. The lowest BCUT2D eigenvalue weighted by atomic mass is 10.0. The first-order valence-corrected chi connectivity index (χ1v) is 21.2. The van der Waals surface area contributed by atoms with Crippen molar-refractivity contribution in [2.75, 3.05) is 11.5 Å². The second kappa shape index (κ2) is 30.4. The van der Waals surface area contributed by atoms with Crippen LogP contribution in [-0.2, 0) is 6.42 Å². The molecular formula is C40H74OS2. The van der Waals surface area contributed by atoms with Gasteiger partial charge < -0.3 is 5.11 Å². The van der Waals surface area contributed by atoms with Crippen LogP contribution >= 0.6 is 23.5 Å². The topological polar surface area (TPSA) is 20.2 Å². The number of rotatable bonds is 32. The van der Waals surface area contributed by atoms with Gasteiger partial charge in [0, 0.05) is 0 Å².